The fourth-order valence-electron chi connectivity index (χ4n) is 1.67. The van der Waals surface area contributed by atoms with Crippen molar-refractivity contribution in [2.24, 2.45) is 0 Å². The highest BCUT2D eigenvalue weighted by molar-refractivity contribution is 5.59. The first-order chi connectivity index (χ1) is 6.16. The summed E-state index contributed by atoms with van der Waals surface area (Å²) in [7, 11) is 3.45. The number of hydrogen-bond acceptors (Lipinski definition) is 3. The Morgan fingerprint density at radius 1 is 1.29 bits per heavy atom. The van der Waals surface area contributed by atoms with Gasteiger partial charge in [0, 0.05) is 0 Å². The Balaban J connectivity index is 0.00000169. The topological polar surface area (TPSA) is 35.5 Å². The van der Waals surface area contributed by atoms with Crippen molar-refractivity contribution in [3.05, 3.63) is 0 Å². The average molecular weight is 204 g/mol. The molecule has 0 spiro atoms. The second-order valence-corrected chi connectivity index (χ2v) is 3.85. The average Bonchev–Trinajstić information content (AvgIpc) is 2.15. The Hall–Kier alpha value is -0.770. The van der Waals surface area contributed by atoms with Gasteiger partial charge in [0.2, 0.25) is 6.73 Å². The van der Waals surface area contributed by atoms with Crippen molar-refractivity contribution in [2.45, 2.75) is 26.7 Å². The normalized spacial score (nSPS) is 19.3. The molecule has 0 bridgehead atoms. The van der Waals surface area contributed by atoms with Crippen molar-refractivity contribution in [1.29, 1.82) is 0 Å². The molecule has 0 aromatic rings. The maximum Gasteiger partial charge on any atom is 0.512 e. The second kappa shape index (κ2) is 5.86. The van der Waals surface area contributed by atoms with Gasteiger partial charge in [-0.15, -0.1) is 0 Å². The molecule has 0 radical (unpaired) electrons. The maximum atomic E-state index is 10.7. The number of hydrogen-bond donors (Lipinski definition) is 0. The van der Waals surface area contributed by atoms with Crippen LogP contribution in [0.4, 0.5) is 4.79 Å². The molecule has 1 heterocycles. The summed E-state index contributed by atoms with van der Waals surface area (Å²) in [5.41, 5.74) is 0. The molecule has 1 saturated heterocycles. The Morgan fingerprint density at radius 3 is 2.36 bits per heavy atom. The van der Waals surface area contributed by atoms with Crippen LogP contribution >= 0.6 is 0 Å². The smallest absolute Gasteiger partial charge is 0.437 e. The van der Waals surface area contributed by atoms with Gasteiger partial charge in [-0.25, -0.2) is 4.79 Å². The van der Waals surface area contributed by atoms with E-state index in [1.165, 1.54) is 26.4 Å². The minimum absolute atomic E-state index is 0. The first-order valence-corrected chi connectivity index (χ1v) is 4.71. The molecule has 0 unspecified atom stereocenters. The number of nitrogens with zero attached hydrogens (tertiary/aromatic N) is 1. The lowest BCUT2D eigenvalue weighted by molar-refractivity contribution is -0.930. The minimum atomic E-state index is -0.579. The van der Waals surface area contributed by atoms with Gasteiger partial charge in [-0.1, -0.05) is 7.43 Å². The highest BCUT2D eigenvalue weighted by atomic mass is 16.7. The Morgan fingerprint density at radius 2 is 1.86 bits per heavy atom. The summed E-state index contributed by atoms with van der Waals surface area (Å²) in [6.07, 6.45) is 3.17. The molecule has 0 aromatic heterocycles. The molecule has 1 aliphatic rings. The van der Waals surface area contributed by atoms with E-state index in [1.807, 2.05) is 0 Å². The second-order valence-electron chi connectivity index (χ2n) is 3.85. The summed E-state index contributed by atoms with van der Waals surface area (Å²) in [4.78, 5) is 10.7. The van der Waals surface area contributed by atoms with Crippen LogP contribution in [0.15, 0.2) is 0 Å². The number of piperidine rings is 1. The van der Waals surface area contributed by atoms with Gasteiger partial charge in [-0.05, 0) is 19.3 Å². The van der Waals surface area contributed by atoms with Crippen LogP contribution in [0.25, 0.3) is 0 Å². The lowest BCUT2D eigenvalue weighted by Gasteiger charge is -2.36. The van der Waals surface area contributed by atoms with E-state index in [4.69, 9.17) is 4.74 Å². The Bertz CT molecular complexity index is 176. The van der Waals surface area contributed by atoms with Crippen LogP contribution < -0.4 is 0 Å². The first-order valence-electron chi connectivity index (χ1n) is 4.71. The van der Waals surface area contributed by atoms with E-state index < -0.39 is 6.16 Å². The van der Waals surface area contributed by atoms with Crippen LogP contribution in [0.5, 0.6) is 0 Å². The van der Waals surface area contributed by atoms with E-state index >= 15 is 0 Å². The molecule has 0 saturated carbocycles. The SMILES string of the molecule is C.COC(=O)OC[N+]1(C)CCCCC1. The third kappa shape index (κ3) is 3.96. The van der Waals surface area contributed by atoms with Crippen LogP contribution in [0.2, 0.25) is 0 Å². The van der Waals surface area contributed by atoms with Gasteiger partial charge in [0.05, 0.1) is 27.2 Å². The number of likely N-dealkylation sites (tertiary alicyclic amines) is 1. The minimum Gasteiger partial charge on any atom is -0.437 e. The molecule has 4 nitrogen and oxygen atoms in total. The molecule has 0 N–H and O–H groups in total. The quantitative estimate of drug-likeness (QED) is 0.510. The van der Waals surface area contributed by atoms with Gasteiger partial charge in [-0.2, -0.15) is 0 Å². The lowest BCUT2D eigenvalue weighted by atomic mass is 10.1. The molecule has 1 fully saturated rings. The summed E-state index contributed by atoms with van der Waals surface area (Å²) in [5, 5.41) is 0. The van der Waals surface area contributed by atoms with Crippen molar-refractivity contribution < 1.29 is 18.8 Å². The number of methoxy groups -OCH3 is 1. The molecule has 4 heteroatoms. The maximum absolute atomic E-state index is 10.7. The molecule has 14 heavy (non-hydrogen) atoms. The van der Waals surface area contributed by atoms with Crippen molar-refractivity contribution in [1.82, 2.24) is 0 Å². The van der Waals surface area contributed by atoms with Crippen LogP contribution in [0.3, 0.4) is 0 Å². The van der Waals surface area contributed by atoms with E-state index in [1.54, 1.807) is 0 Å². The predicted octanol–water partition coefficient (Wildman–Crippen LogP) is 1.99. The van der Waals surface area contributed by atoms with E-state index in [2.05, 4.69) is 11.8 Å². The zero-order valence-corrected chi connectivity index (χ0v) is 8.41. The molecular weight excluding hydrogens is 182 g/mol. The molecule has 84 valence electrons. The van der Waals surface area contributed by atoms with Gasteiger partial charge in [0.15, 0.2) is 0 Å². The van der Waals surface area contributed by atoms with E-state index in [9.17, 15) is 4.79 Å². The Labute approximate surface area is 86.4 Å². The zero-order chi connectivity index (χ0) is 9.73. The number of carbonyl (C=O) groups is 1. The van der Waals surface area contributed by atoms with Crippen molar-refractivity contribution in [3.63, 3.8) is 0 Å². The summed E-state index contributed by atoms with van der Waals surface area (Å²) < 4.78 is 10.2. The van der Waals surface area contributed by atoms with Gasteiger partial charge < -0.3 is 9.47 Å². The summed E-state index contributed by atoms with van der Waals surface area (Å²) in [5.74, 6) is 0. The van der Waals surface area contributed by atoms with Gasteiger partial charge in [0.1, 0.15) is 0 Å². The van der Waals surface area contributed by atoms with Crippen molar-refractivity contribution in [2.75, 3.05) is 34.0 Å². The van der Waals surface area contributed by atoms with Gasteiger partial charge >= 0.3 is 6.16 Å². The van der Waals surface area contributed by atoms with Crippen LogP contribution in [0, 0.1) is 0 Å². The molecule has 0 aliphatic carbocycles. The summed E-state index contributed by atoms with van der Waals surface area (Å²) in [6.45, 7) is 2.63. The van der Waals surface area contributed by atoms with E-state index in [0.717, 1.165) is 17.6 Å². The Kier molecular flexibility index (Phi) is 5.53. The lowest BCUT2D eigenvalue weighted by Crippen LogP contribution is -2.49. The molecular formula is C10H22NO3+. The van der Waals surface area contributed by atoms with Gasteiger partial charge in [0.25, 0.3) is 0 Å². The number of carbonyl (C=O) groups excluding carboxylic acids is 1. The molecule has 1 rings (SSSR count). The van der Waals surface area contributed by atoms with Crippen molar-refractivity contribution >= 4 is 6.16 Å². The highest BCUT2D eigenvalue weighted by Gasteiger charge is 2.26. The monoisotopic (exact) mass is 204 g/mol. The van der Waals surface area contributed by atoms with Crippen LogP contribution in [-0.4, -0.2) is 44.6 Å². The summed E-state index contributed by atoms with van der Waals surface area (Å²) in [6, 6.07) is 0. The van der Waals surface area contributed by atoms with E-state index in [-0.39, 0.29) is 7.43 Å². The highest BCUT2D eigenvalue weighted by Crippen LogP contribution is 2.15. The fourth-order valence-corrected chi connectivity index (χ4v) is 1.67. The van der Waals surface area contributed by atoms with Gasteiger partial charge in [-0.3, -0.25) is 4.48 Å². The predicted molar refractivity (Wildman–Crippen MR) is 54.9 cm³/mol. The molecule has 1 aliphatic heterocycles. The molecule has 0 atom stereocenters. The van der Waals surface area contributed by atoms with Crippen molar-refractivity contribution in [3.8, 4) is 0 Å². The number of quaternary nitrogens is 1. The summed E-state index contributed by atoms with van der Waals surface area (Å²) >= 11 is 0. The van der Waals surface area contributed by atoms with Crippen LogP contribution in [-0.2, 0) is 9.47 Å². The third-order valence-electron chi connectivity index (χ3n) is 2.56. The third-order valence-corrected chi connectivity index (χ3v) is 2.56. The van der Waals surface area contributed by atoms with Crippen LogP contribution in [0.1, 0.15) is 26.7 Å². The molecule has 0 aromatic carbocycles. The fraction of sp³-hybridized carbons (Fsp3) is 0.900. The largest absolute Gasteiger partial charge is 0.512 e. The standard InChI is InChI=1S/C9H18NO3.CH4/c1-10(6-4-3-5-7-10)8-13-9(11)12-2;/h3-8H2,1-2H3;1H4/q+1;. The molecule has 0 amide bonds. The first kappa shape index (κ1) is 13.2. The zero-order valence-electron chi connectivity index (χ0n) is 8.41. The van der Waals surface area contributed by atoms with E-state index in [0.29, 0.717) is 6.73 Å². The number of rotatable bonds is 2. The number of ether oxygens (including phenoxy) is 2.